The number of hydrogen-bond donors (Lipinski definition) is 1. The molecular weight excluding hydrogens is 280 g/mol. The summed E-state index contributed by atoms with van der Waals surface area (Å²) in [6.07, 6.45) is 6.19. The van der Waals surface area contributed by atoms with E-state index < -0.39 is 0 Å². The number of carbonyl (C=O) groups excluding carboxylic acids is 1. The maximum Gasteiger partial charge on any atom is 0.227 e. The molecule has 2 aromatic heterocycles. The van der Waals surface area contributed by atoms with Crippen molar-refractivity contribution < 1.29 is 4.79 Å². The molecule has 0 aromatic carbocycles. The van der Waals surface area contributed by atoms with E-state index in [1.54, 1.807) is 23.5 Å². The van der Waals surface area contributed by atoms with Gasteiger partial charge in [-0.2, -0.15) is 4.98 Å². The van der Waals surface area contributed by atoms with Crippen molar-refractivity contribution in [2.45, 2.75) is 6.54 Å². The van der Waals surface area contributed by atoms with Crippen molar-refractivity contribution in [3.8, 4) is 0 Å². The molecule has 0 unspecified atom stereocenters. The molecule has 2 aromatic rings. The molecule has 0 saturated carbocycles. The Kier molecular flexibility index (Phi) is 4.43. The smallest absolute Gasteiger partial charge is 0.227 e. The van der Waals surface area contributed by atoms with Crippen LogP contribution in [-0.2, 0) is 11.3 Å². The monoisotopic (exact) mass is 298 g/mol. The van der Waals surface area contributed by atoms with Crippen LogP contribution in [0.25, 0.3) is 0 Å². The first-order valence-corrected chi connectivity index (χ1v) is 7.25. The van der Waals surface area contributed by atoms with Crippen molar-refractivity contribution in [2.75, 3.05) is 36.4 Å². The Hall–Kier alpha value is -2.70. The minimum Gasteiger partial charge on any atom is -0.366 e. The molecule has 0 aliphatic carbocycles. The number of rotatable bonds is 5. The van der Waals surface area contributed by atoms with Crippen LogP contribution in [0.1, 0.15) is 5.56 Å². The van der Waals surface area contributed by atoms with E-state index in [1.807, 2.05) is 18.2 Å². The Labute approximate surface area is 129 Å². The largest absolute Gasteiger partial charge is 0.366 e. The van der Waals surface area contributed by atoms with Gasteiger partial charge < -0.3 is 15.1 Å². The van der Waals surface area contributed by atoms with Gasteiger partial charge in [-0.3, -0.25) is 9.78 Å². The Bertz CT molecular complexity index is 612. The number of nitrogens with one attached hydrogen (secondary N) is 1. The lowest BCUT2D eigenvalue weighted by Crippen LogP contribution is -2.46. The SMILES string of the molecule is O=CN1CCN(c2nccc(NCc3ccncc3)n2)CC1. The molecule has 22 heavy (non-hydrogen) atoms. The predicted molar refractivity (Wildman–Crippen MR) is 83.4 cm³/mol. The third-order valence-corrected chi connectivity index (χ3v) is 3.61. The summed E-state index contributed by atoms with van der Waals surface area (Å²) in [6.45, 7) is 3.63. The molecule has 1 aliphatic heterocycles. The number of piperazine rings is 1. The zero-order chi connectivity index (χ0) is 15.2. The van der Waals surface area contributed by atoms with E-state index in [1.165, 1.54) is 0 Å². The van der Waals surface area contributed by atoms with Crippen LogP contribution in [0.5, 0.6) is 0 Å². The molecule has 0 bridgehead atoms. The van der Waals surface area contributed by atoms with Gasteiger partial charge in [-0.05, 0) is 23.8 Å². The number of anilines is 2. The average Bonchev–Trinajstić information content (AvgIpc) is 2.61. The van der Waals surface area contributed by atoms with E-state index in [0.29, 0.717) is 25.6 Å². The summed E-state index contributed by atoms with van der Waals surface area (Å²) in [5, 5.41) is 3.29. The van der Waals surface area contributed by atoms with Crippen LogP contribution in [0.2, 0.25) is 0 Å². The van der Waals surface area contributed by atoms with Crippen molar-refractivity contribution in [1.82, 2.24) is 19.9 Å². The van der Waals surface area contributed by atoms with Gasteiger partial charge in [0.05, 0.1) is 0 Å². The van der Waals surface area contributed by atoms with Gasteiger partial charge in [-0.1, -0.05) is 0 Å². The third kappa shape index (κ3) is 3.49. The topological polar surface area (TPSA) is 74.2 Å². The summed E-state index contributed by atoms with van der Waals surface area (Å²) in [5.41, 5.74) is 1.15. The first kappa shape index (κ1) is 14.2. The summed E-state index contributed by atoms with van der Waals surface area (Å²) < 4.78 is 0. The Morgan fingerprint density at radius 1 is 1.09 bits per heavy atom. The van der Waals surface area contributed by atoms with Gasteiger partial charge in [-0.15, -0.1) is 0 Å². The van der Waals surface area contributed by atoms with Gasteiger partial charge >= 0.3 is 0 Å². The van der Waals surface area contributed by atoms with E-state index >= 15 is 0 Å². The highest BCUT2D eigenvalue weighted by molar-refractivity contribution is 5.49. The number of nitrogens with zero attached hydrogens (tertiary/aromatic N) is 5. The third-order valence-electron chi connectivity index (χ3n) is 3.61. The number of hydrogen-bond acceptors (Lipinski definition) is 6. The Balaban J connectivity index is 1.61. The van der Waals surface area contributed by atoms with E-state index in [2.05, 4.69) is 25.2 Å². The van der Waals surface area contributed by atoms with Crippen LogP contribution in [0.3, 0.4) is 0 Å². The maximum absolute atomic E-state index is 10.7. The second-order valence-corrected chi connectivity index (χ2v) is 5.08. The van der Waals surface area contributed by atoms with E-state index in [0.717, 1.165) is 30.9 Å². The fraction of sp³-hybridized carbons (Fsp3) is 0.333. The molecule has 7 heteroatoms. The van der Waals surface area contributed by atoms with Crippen LogP contribution in [0.15, 0.2) is 36.8 Å². The van der Waals surface area contributed by atoms with Crippen molar-refractivity contribution in [1.29, 1.82) is 0 Å². The molecular formula is C15H18N6O. The van der Waals surface area contributed by atoms with Crippen molar-refractivity contribution in [2.24, 2.45) is 0 Å². The van der Waals surface area contributed by atoms with Crippen LogP contribution < -0.4 is 10.2 Å². The van der Waals surface area contributed by atoms with Gasteiger partial charge in [0.2, 0.25) is 12.4 Å². The number of aromatic nitrogens is 3. The molecule has 1 N–H and O–H groups in total. The fourth-order valence-corrected chi connectivity index (χ4v) is 2.32. The van der Waals surface area contributed by atoms with Gasteiger partial charge in [0.1, 0.15) is 5.82 Å². The second-order valence-electron chi connectivity index (χ2n) is 5.08. The van der Waals surface area contributed by atoms with Crippen molar-refractivity contribution in [3.63, 3.8) is 0 Å². The predicted octanol–water partition coefficient (Wildman–Crippen LogP) is 0.762. The Morgan fingerprint density at radius 3 is 2.59 bits per heavy atom. The first-order valence-electron chi connectivity index (χ1n) is 7.25. The highest BCUT2D eigenvalue weighted by atomic mass is 16.1. The number of pyridine rings is 1. The zero-order valence-corrected chi connectivity index (χ0v) is 12.2. The second kappa shape index (κ2) is 6.84. The molecule has 114 valence electrons. The van der Waals surface area contributed by atoms with Gasteiger partial charge in [0, 0.05) is 51.3 Å². The quantitative estimate of drug-likeness (QED) is 0.822. The molecule has 0 atom stereocenters. The first-order chi connectivity index (χ1) is 10.8. The normalized spacial score (nSPS) is 14.7. The summed E-state index contributed by atoms with van der Waals surface area (Å²) in [7, 11) is 0. The van der Waals surface area contributed by atoms with Crippen molar-refractivity contribution >= 4 is 18.2 Å². The lowest BCUT2D eigenvalue weighted by Gasteiger charge is -2.32. The van der Waals surface area contributed by atoms with Gasteiger partial charge in [-0.25, -0.2) is 4.98 Å². The summed E-state index contributed by atoms with van der Waals surface area (Å²) in [6, 6.07) is 5.79. The highest BCUT2D eigenvalue weighted by Gasteiger charge is 2.17. The molecule has 1 saturated heterocycles. The van der Waals surface area contributed by atoms with Crippen LogP contribution in [0.4, 0.5) is 11.8 Å². The maximum atomic E-state index is 10.7. The van der Waals surface area contributed by atoms with Crippen LogP contribution in [-0.4, -0.2) is 52.4 Å². The lowest BCUT2D eigenvalue weighted by molar-refractivity contribution is -0.118. The fourth-order valence-electron chi connectivity index (χ4n) is 2.32. The molecule has 7 nitrogen and oxygen atoms in total. The molecule has 3 heterocycles. The minimum absolute atomic E-state index is 0.692. The van der Waals surface area contributed by atoms with Gasteiger partial charge in [0.15, 0.2) is 0 Å². The molecule has 1 aliphatic rings. The van der Waals surface area contributed by atoms with E-state index in [4.69, 9.17) is 0 Å². The minimum atomic E-state index is 0.692. The van der Waals surface area contributed by atoms with Gasteiger partial charge in [0.25, 0.3) is 0 Å². The highest BCUT2D eigenvalue weighted by Crippen LogP contribution is 2.13. The summed E-state index contributed by atoms with van der Waals surface area (Å²) in [4.78, 5) is 27.5. The molecule has 3 rings (SSSR count). The standard InChI is InChI=1S/C15H18N6O/c22-12-20-7-9-21(10-8-20)15-17-6-3-14(19-15)18-11-13-1-4-16-5-2-13/h1-6,12H,7-11H2,(H,17,18,19). The molecule has 1 fully saturated rings. The van der Waals surface area contributed by atoms with E-state index in [-0.39, 0.29) is 0 Å². The number of amides is 1. The molecule has 0 spiro atoms. The molecule has 0 radical (unpaired) electrons. The zero-order valence-electron chi connectivity index (χ0n) is 12.2. The lowest BCUT2D eigenvalue weighted by atomic mass is 10.3. The summed E-state index contributed by atoms with van der Waals surface area (Å²) in [5.74, 6) is 1.49. The Morgan fingerprint density at radius 2 is 1.86 bits per heavy atom. The van der Waals surface area contributed by atoms with Crippen LogP contribution >= 0.6 is 0 Å². The summed E-state index contributed by atoms with van der Waals surface area (Å²) >= 11 is 0. The number of carbonyl (C=O) groups is 1. The van der Waals surface area contributed by atoms with Crippen molar-refractivity contribution in [3.05, 3.63) is 42.4 Å². The average molecular weight is 298 g/mol. The van der Waals surface area contributed by atoms with Crippen LogP contribution in [0, 0.1) is 0 Å². The van der Waals surface area contributed by atoms with E-state index in [9.17, 15) is 4.79 Å². The molecule has 1 amide bonds.